The molecule has 3 N–H and O–H groups in total. The van der Waals surface area contributed by atoms with E-state index in [0.29, 0.717) is 60.0 Å². The van der Waals surface area contributed by atoms with E-state index in [0.717, 1.165) is 36.9 Å². The van der Waals surface area contributed by atoms with Gasteiger partial charge in [-0.3, -0.25) is 9.78 Å². The normalized spacial score (nSPS) is 25.2. The van der Waals surface area contributed by atoms with E-state index in [1.165, 1.54) is 6.20 Å². The van der Waals surface area contributed by atoms with E-state index in [9.17, 15) is 9.59 Å². The molecule has 2 bridgehead atoms. The smallest absolute Gasteiger partial charge is 0.407 e. The van der Waals surface area contributed by atoms with E-state index >= 15 is 4.39 Å². The van der Waals surface area contributed by atoms with Crippen LogP contribution >= 0.6 is 0 Å². The lowest BCUT2D eigenvalue weighted by Crippen LogP contribution is -2.61. The molecule has 0 unspecified atom stereocenters. The van der Waals surface area contributed by atoms with Crippen molar-refractivity contribution in [1.82, 2.24) is 25.6 Å². The van der Waals surface area contributed by atoms with Crippen LogP contribution in [0, 0.1) is 5.82 Å². The summed E-state index contributed by atoms with van der Waals surface area (Å²) in [7, 11) is 0. The molecule has 2 atom stereocenters. The average molecular weight is 699 g/mol. The number of hydrogen-bond acceptors (Lipinski definition) is 11. The number of carbonyl (C=O) groups excluding carboxylic acids is 2. The van der Waals surface area contributed by atoms with Crippen LogP contribution in [0.4, 0.5) is 15.0 Å². The van der Waals surface area contributed by atoms with E-state index < -0.39 is 24.1 Å². The van der Waals surface area contributed by atoms with E-state index in [2.05, 4.69) is 25.9 Å². The molecule has 5 aliphatic rings. The molecule has 7 heterocycles. The lowest BCUT2D eigenvalue weighted by atomic mass is 9.69. The van der Waals surface area contributed by atoms with Gasteiger partial charge in [-0.2, -0.15) is 0 Å². The average Bonchev–Trinajstić information content (AvgIpc) is 3.59. The zero-order valence-corrected chi connectivity index (χ0v) is 28.0. The summed E-state index contributed by atoms with van der Waals surface area (Å²) in [6.07, 6.45) is 4.78. The van der Waals surface area contributed by atoms with Crippen LogP contribution in [0.3, 0.4) is 0 Å². The number of anilines is 1. The maximum absolute atomic E-state index is 15.4. The number of hydrogen-bond donors (Lipinski definition) is 3. The predicted octanol–water partition coefficient (Wildman–Crippen LogP) is 4.37. The fourth-order valence-electron chi connectivity index (χ4n) is 7.29. The SMILES string of the molecule is O=C1COc2ccc(CNC34CCC(CCc5c(F)cnc6ccc(O[C@H]7COC[C@@H]7NC(=O)OCc7ccccc7)nc56)(CC3)OC4)nc2N1. The summed E-state index contributed by atoms with van der Waals surface area (Å²) in [5.41, 5.74) is 2.65. The fraction of sp³-hybridized carbons (Fsp3) is 0.432. The molecule has 0 radical (unpaired) electrons. The lowest BCUT2D eigenvalue weighted by molar-refractivity contribution is -0.165. The number of fused-ring (bicyclic) bond motifs is 5. The van der Waals surface area contributed by atoms with Crippen molar-refractivity contribution < 1.29 is 37.7 Å². The van der Waals surface area contributed by atoms with Crippen LogP contribution in [-0.2, 0) is 38.6 Å². The minimum Gasteiger partial charge on any atom is -0.480 e. The zero-order chi connectivity index (χ0) is 34.8. The molecule has 3 aromatic heterocycles. The number of carbonyl (C=O) groups is 2. The first-order valence-corrected chi connectivity index (χ1v) is 17.3. The third kappa shape index (κ3) is 7.30. The number of rotatable bonds is 11. The van der Waals surface area contributed by atoms with Crippen LogP contribution in [0.25, 0.3) is 11.0 Å². The summed E-state index contributed by atoms with van der Waals surface area (Å²) in [4.78, 5) is 37.7. The summed E-state index contributed by atoms with van der Waals surface area (Å²) >= 11 is 0. The fourth-order valence-corrected chi connectivity index (χ4v) is 7.29. The van der Waals surface area contributed by atoms with Gasteiger partial charge in [-0.25, -0.2) is 19.2 Å². The number of nitrogens with zero attached hydrogens (tertiary/aromatic N) is 3. The van der Waals surface area contributed by atoms with Crippen LogP contribution < -0.4 is 25.4 Å². The molecule has 0 spiro atoms. The van der Waals surface area contributed by atoms with Crippen molar-refractivity contribution in [2.75, 3.05) is 31.7 Å². The topological polar surface area (TPSA) is 155 Å². The van der Waals surface area contributed by atoms with Crippen LogP contribution in [-0.4, -0.2) is 76.7 Å². The second-order valence-corrected chi connectivity index (χ2v) is 13.7. The van der Waals surface area contributed by atoms with Gasteiger partial charge in [0.25, 0.3) is 5.91 Å². The van der Waals surface area contributed by atoms with Gasteiger partial charge in [0, 0.05) is 23.7 Å². The van der Waals surface area contributed by atoms with Crippen LogP contribution in [0.15, 0.2) is 60.8 Å². The van der Waals surface area contributed by atoms with E-state index in [-0.39, 0.29) is 43.5 Å². The minimum atomic E-state index is -0.568. The monoisotopic (exact) mass is 698 g/mol. The van der Waals surface area contributed by atoms with Crippen molar-refractivity contribution in [2.45, 2.75) is 75.0 Å². The Bertz CT molecular complexity index is 1910. The third-order valence-corrected chi connectivity index (χ3v) is 10.3. The Kier molecular flexibility index (Phi) is 9.13. The van der Waals surface area contributed by atoms with E-state index in [1.54, 1.807) is 12.1 Å². The molecule has 266 valence electrons. The molecule has 4 aromatic rings. The minimum absolute atomic E-state index is 0.00391. The second-order valence-electron chi connectivity index (χ2n) is 13.7. The van der Waals surface area contributed by atoms with Gasteiger partial charge in [0.05, 0.1) is 54.4 Å². The molecule has 1 aliphatic carbocycles. The number of ether oxygens (including phenoxy) is 5. The molecular formula is C37H39FN6O7. The van der Waals surface area contributed by atoms with Crippen LogP contribution in [0.2, 0.25) is 0 Å². The van der Waals surface area contributed by atoms with Crippen molar-refractivity contribution >= 4 is 28.9 Å². The van der Waals surface area contributed by atoms with Gasteiger partial charge < -0.3 is 39.6 Å². The van der Waals surface area contributed by atoms with Gasteiger partial charge >= 0.3 is 6.09 Å². The predicted molar refractivity (Wildman–Crippen MR) is 182 cm³/mol. The number of pyridine rings is 3. The molecule has 51 heavy (non-hydrogen) atoms. The number of nitrogens with one attached hydrogen (secondary N) is 3. The Labute approximate surface area is 293 Å². The zero-order valence-electron chi connectivity index (χ0n) is 28.0. The summed E-state index contributed by atoms with van der Waals surface area (Å²) < 4.78 is 44.5. The molecule has 13 nitrogen and oxygen atoms in total. The van der Waals surface area contributed by atoms with Crippen molar-refractivity contribution in [3.63, 3.8) is 0 Å². The van der Waals surface area contributed by atoms with E-state index in [4.69, 9.17) is 28.7 Å². The Morgan fingerprint density at radius 1 is 1.04 bits per heavy atom. The summed E-state index contributed by atoms with van der Waals surface area (Å²) in [6, 6.07) is 16.2. The maximum atomic E-state index is 15.4. The van der Waals surface area contributed by atoms with Crippen molar-refractivity contribution in [1.29, 1.82) is 0 Å². The summed E-state index contributed by atoms with van der Waals surface area (Å²) in [5, 5.41) is 9.26. The highest BCUT2D eigenvalue weighted by Gasteiger charge is 2.49. The number of aryl methyl sites for hydroxylation is 1. The van der Waals surface area contributed by atoms with Crippen molar-refractivity contribution in [2.24, 2.45) is 0 Å². The highest BCUT2D eigenvalue weighted by molar-refractivity contribution is 5.94. The largest absolute Gasteiger partial charge is 0.480 e. The van der Waals surface area contributed by atoms with Crippen LogP contribution in [0.5, 0.6) is 11.6 Å². The molecule has 4 aliphatic heterocycles. The van der Waals surface area contributed by atoms with Gasteiger partial charge in [-0.1, -0.05) is 30.3 Å². The first-order chi connectivity index (χ1) is 24.8. The Hall–Kier alpha value is -4.92. The van der Waals surface area contributed by atoms with Crippen LogP contribution in [0.1, 0.15) is 48.9 Å². The van der Waals surface area contributed by atoms with Gasteiger partial charge in [0.15, 0.2) is 18.2 Å². The maximum Gasteiger partial charge on any atom is 0.407 e. The van der Waals surface area contributed by atoms with Crippen molar-refractivity contribution in [3.05, 3.63) is 83.4 Å². The quantitative estimate of drug-likeness (QED) is 0.205. The van der Waals surface area contributed by atoms with Gasteiger partial charge in [0.2, 0.25) is 5.88 Å². The number of halogens is 1. The molecule has 4 fully saturated rings. The number of aromatic nitrogens is 3. The summed E-state index contributed by atoms with van der Waals surface area (Å²) in [6.45, 7) is 1.74. The molecule has 14 heteroatoms. The van der Waals surface area contributed by atoms with E-state index in [1.807, 2.05) is 42.5 Å². The standard InChI is InChI=1S/C37H39FN6O7/c38-26-17-39-27-7-9-32(51-30-20-47-19-28(30)42-35(46)49-18-23-4-2-1-3-5-23)44-33(27)25(26)10-11-37-14-12-36(13-15-37,22-50-37)40-16-24-6-8-29-34(41-24)43-31(45)21-48-29/h1-9,17,28,30,40H,10-16,18-22H2,(H,42,46)(H,41,43,45)/t28-,30-,36?,37?/m0/s1. The Morgan fingerprint density at radius 3 is 2.73 bits per heavy atom. The Morgan fingerprint density at radius 2 is 1.90 bits per heavy atom. The molecule has 9 rings (SSSR count). The molecule has 3 saturated heterocycles. The van der Waals surface area contributed by atoms with Gasteiger partial charge in [-0.05, 0) is 62.3 Å². The molecule has 1 saturated carbocycles. The number of amides is 2. The summed E-state index contributed by atoms with van der Waals surface area (Å²) in [5.74, 6) is 0.670. The Balaban J connectivity index is 0.877. The first-order valence-electron chi connectivity index (χ1n) is 17.3. The number of benzene rings is 1. The number of alkyl carbamates (subject to hydrolysis) is 1. The first kappa shape index (κ1) is 33.2. The third-order valence-electron chi connectivity index (χ3n) is 10.3. The second kappa shape index (κ2) is 14.0. The molecule has 2 amide bonds. The molecular weight excluding hydrogens is 659 g/mol. The molecule has 1 aromatic carbocycles. The highest BCUT2D eigenvalue weighted by atomic mass is 19.1. The highest BCUT2D eigenvalue weighted by Crippen LogP contribution is 2.46. The van der Waals surface area contributed by atoms with Crippen molar-refractivity contribution in [3.8, 4) is 11.6 Å². The van der Waals surface area contributed by atoms with Gasteiger partial charge in [0.1, 0.15) is 18.5 Å². The van der Waals surface area contributed by atoms with Gasteiger partial charge in [-0.15, -0.1) is 0 Å². The lowest BCUT2D eigenvalue weighted by Gasteiger charge is -2.53.